The van der Waals surface area contributed by atoms with Crippen LogP contribution < -0.4 is 0 Å². The van der Waals surface area contributed by atoms with Crippen molar-refractivity contribution >= 4 is 11.8 Å². The molecule has 0 aliphatic carbocycles. The molecule has 0 spiro atoms. The maximum absolute atomic E-state index is 12.6. The molecular formula is C15H14F3NO3. The van der Waals surface area contributed by atoms with E-state index in [1.165, 1.54) is 19.1 Å². The molecule has 1 aliphatic rings. The van der Waals surface area contributed by atoms with Gasteiger partial charge in [-0.15, -0.1) is 0 Å². The van der Waals surface area contributed by atoms with Gasteiger partial charge in [0.25, 0.3) is 11.8 Å². The third-order valence-electron chi connectivity index (χ3n) is 3.14. The quantitative estimate of drug-likeness (QED) is 0.620. The second kappa shape index (κ2) is 6.21. The number of amides is 2. The number of benzene rings is 1. The van der Waals surface area contributed by atoms with Crippen LogP contribution in [0, 0.1) is 0 Å². The van der Waals surface area contributed by atoms with Crippen LogP contribution >= 0.6 is 0 Å². The van der Waals surface area contributed by atoms with E-state index in [0.717, 1.165) is 11.0 Å². The highest BCUT2D eigenvalue weighted by molar-refractivity contribution is 6.21. The minimum Gasteiger partial charge on any atom is -0.489 e. The molecule has 118 valence electrons. The van der Waals surface area contributed by atoms with Crippen molar-refractivity contribution in [1.82, 2.24) is 4.90 Å². The summed E-state index contributed by atoms with van der Waals surface area (Å²) in [5.74, 6) is -2.08. The summed E-state index contributed by atoms with van der Waals surface area (Å²) in [6, 6.07) is 6.30. The van der Waals surface area contributed by atoms with Crippen molar-refractivity contribution in [3.8, 4) is 0 Å². The zero-order valence-electron chi connectivity index (χ0n) is 11.8. The summed E-state index contributed by atoms with van der Waals surface area (Å²) in [7, 11) is 0. The Morgan fingerprint density at radius 1 is 1.18 bits per heavy atom. The van der Waals surface area contributed by atoms with Gasteiger partial charge in [-0.1, -0.05) is 12.1 Å². The average Bonchev–Trinajstić information content (AvgIpc) is 2.70. The average molecular weight is 313 g/mol. The lowest BCUT2D eigenvalue weighted by Gasteiger charge is -2.14. The molecule has 0 aromatic heterocycles. The topological polar surface area (TPSA) is 46.6 Å². The molecule has 1 aliphatic heterocycles. The summed E-state index contributed by atoms with van der Waals surface area (Å²) in [5, 5.41) is 0. The molecule has 1 aromatic rings. The van der Waals surface area contributed by atoms with E-state index in [1.54, 1.807) is 12.1 Å². The first-order valence-corrected chi connectivity index (χ1v) is 6.71. The molecule has 0 bridgehead atoms. The van der Waals surface area contributed by atoms with Crippen molar-refractivity contribution in [2.75, 3.05) is 13.2 Å². The van der Waals surface area contributed by atoms with Crippen molar-refractivity contribution in [1.29, 1.82) is 0 Å². The van der Waals surface area contributed by atoms with Gasteiger partial charge in [-0.05, 0) is 31.6 Å². The van der Waals surface area contributed by atoms with E-state index in [4.69, 9.17) is 0 Å². The van der Waals surface area contributed by atoms with Crippen LogP contribution in [0.5, 0.6) is 0 Å². The lowest BCUT2D eigenvalue weighted by atomic mass is 10.1. The third-order valence-corrected chi connectivity index (χ3v) is 3.14. The van der Waals surface area contributed by atoms with Gasteiger partial charge < -0.3 is 4.74 Å². The van der Waals surface area contributed by atoms with Gasteiger partial charge in [-0.25, -0.2) is 0 Å². The number of nitrogens with zero attached hydrogens (tertiary/aromatic N) is 1. The van der Waals surface area contributed by atoms with Gasteiger partial charge in [0.1, 0.15) is 0 Å². The van der Waals surface area contributed by atoms with Gasteiger partial charge in [0.05, 0.1) is 17.7 Å². The zero-order chi connectivity index (χ0) is 16.3. The fourth-order valence-corrected chi connectivity index (χ4v) is 2.18. The molecule has 7 heteroatoms. The van der Waals surface area contributed by atoms with Crippen LogP contribution in [0.25, 0.3) is 0 Å². The Labute approximate surface area is 125 Å². The Balaban J connectivity index is 2.07. The number of ether oxygens (including phenoxy) is 1. The number of carbonyl (C=O) groups excluding carboxylic acids is 2. The number of alkyl halides is 3. The first-order chi connectivity index (χ1) is 10.4. The first kappa shape index (κ1) is 16.1. The Kier molecular flexibility index (Phi) is 4.54. The summed E-state index contributed by atoms with van der Waals surface area (Å²) in [5.41, 5.74) is 0.551. The van der Waals surface area contributed by atoms with E-state index in [0.29, 0.717) is 0 Å². The van der Waals surface area contributed by atoms with Crippen LogP contribution in [-0.2, 0) is 4.74 Å². The number of carbonyl (C=O) groups is 2. The van der Waals surface area contributed by atoms with Crippen molar-refractivity contribution < 1.29 is 27.5 Å². The first-order valence-electron chi connectivity index (χ1n) is 6.71. The molecular weight excluding hydrogens is 299 g/mol. The van der Waals surface area contributed by atoms with E-state index in [2.05, 4.69) is 4.74 Å². The van der Waals surface area contributed by atoms with Gasteiger partial charge >= 0.3 is 6.18 Å². The molecule has 0 N–H and O–H groups in total. The lowest BCUT2D eigenvalue weighted by Crippen LogP contribution is -2.30. The maximum atomic E-state index is 12.6. The smallest absolute Gasteiger partial charge is 0.448 e. The number of hydrogen-bond donors (Lipinski definition) is 0. The molecule has 1 aromatic carbocycles. The Hall–Kier alpha value is -2.31. The molecule has 0 saturated carbocycles. The third kappa shape index (κ3) is 3.13. The standard InChI is InChI=1S/C15H14F3NO3/c1-2-22-12(15(16,17)18)8-5-9-19-13(20)10-6-3-4-7-11(10)14(19)21/h3-4,6-8H,2,5,9H2,1H3. The van der Waals surface area contributed by atoms with Gasteiger partial charge in [-0.2, -0.15) is 13.2 Å². The molecule has 0 unspecified atom stereocenters. The fraction of sp³-hybridized carbons (Fsp3) is 0.333. The summed E-state index contributed by atoms with van der Waals surface area (Å²) in [4.78, 5) is 25.0. The van der Waals surface area contributed by atoms with Crippen molar-refractivity contribution in [2.24, 2.45) is 0 Å². The second-order valence-corrected chi connectivity index (χ2v) is 4.60. The summed E-state index contributed by atoms with van der Waals surface area (Å²) in [6.07, 6.45) is -3.86. The normalized spacial score (nSPS) is 15.3. The molecule has 0 radical (unpaired) electrons. The van der Waals surface area contributed by atoms with Crippen LogP contribution in [0.2, 0.25) is 0 Å². The molecule has 0 saturated heterocycles. The predicted octanol–water partition coefficient (Wildman–Crippen LogP) is 3.16. The van der Waals surface area contributed by atoms with Crippen LogP contribution in [0.15, 0.2) is 36.1 Å². The highest BCUT2D eigenvalue weighted by Gasteiger charge is 2.37. The second-order valence-electron chi connectivity index (χ2n) is 4.60. The number of hydrogen-bond acceptors (Lipinski definition) is 3. The maximum Gasteiger partial charge on any atom is 0.448 e. The molecule has 2 rings (SSSR count). The van der Waals surface area contributed by atoms with E-state index in [9.17, 15) is 22.8 Å². The van der Waals surface area contributed by atoms with E-state index >= 15 is 0 Å². The number of fused-ring (bicyclic) bond motifs is 1. The Bertz CT molecular complexity index is 588. The van der Waals surface area contributed by atoms with E-state index < -0.39 is 23.7 Å². The number of imide groups is 1. The van der Waals surface area contributed by atoms with Gasteiger partial charge in [0.15, 0.2) is 5.76 Å². The van der Waals surface area contributed by atoms with Crippen molar-refractivity contribution in [2.45, 2.75) is 19.5 Å². The minimum atomic E-state index is -4.59. The lowest BCUT2D eigenvalue weighted by molar-refractivity contribution is -0.130. The monoisotopic (exact) mass is 313 g/mol. The highest BCUT2D eigenvalue weighted by atomic mass is 19.4. The molecule has 4 nitrogen and oxygen atoms in total. The predicted molar refractivity (Wildman–Crippen MR) is 72.2 cm³/mol. The van der Waals surface area contributed by atoms with E-state index in [-0.39, 0.29) is 30.7 Å². The Morgan fingerprint density at radius 3 is 2.18 bits per heavy atom. The zero-order valence-corrected chi connectivity index (χ0v) is 11.8. The van der Waals surface area contributed by atoms with Crippen molar-refractivity contribution in [3.05, 3.63) is 47.2 Å². The summed E-state index contributed by atoms with van der Waals surface area (Å²) < 4.78 is 42.4. The molecule has 0 atom stereocenters. The molecule has 1 heterocycles. The number of rotatable bonds is 5. The van der Waals surface area contributed by atoms with Crippen LogP contribution in [0.1, 0.15) is 34.1 Å². The number of allylic oxidation sites excluding steroid dienone is 1. The summed E-state index contributed by atoms with van der Waals surface area (Å²) in [6.45, 7) is 1.21. The van der Waals surface area contributed by atoms with Crippen LogP contribution in [0.4, 0.5) is 13.2 Å². The molecule has 0 fully saturated rings. The SMILES string of the molecule is CCOC(=CCCN1C(=O)c2ccccc2C1=O)C(F)(F)F. The van der Waals surface area contributed by atoms with Gasteiger partial charge in [0, 0.05) is 6.54 Å². The van der Waals surface area contributed by atoms with Gasteiger partial charge in [-0.3, -0.25) is 14.5 Å². The number of halogens is 3. The molecule has 22 heavy (non-hydrogen) atoms. The fourth-order valence-electron chi connectivity index (χ4n) is 2.18. The largest absolute Gasteiger partial charge is 0.489 e. The highest BCUT2D eigenvalue weighted by Crippen LogP contribution is 2.27. The van der Waals surface area contributed by atoms with Crippen molar-refractivity contribution in [3.63, 3.8) is 0 Å². The summed E-state index contributed by atoms with van der Waals surface area (Å²) >= 11 is 0. The van der Waals surface area contributed by atoms with Gasteiger partial charge in [0.2, 0.25) is 0 Å². The Morgan fingerprint density at radius 2 is 1.73 bits per heavy atom. The van der Waals surface area contributed by atoms with Crippen LogP contribution in [0.3, 0.4) is 0 Å². The van der Waals surface area contributed by atoms with E-state index in [1.807, 2.05) is 0 Å². The van der Waals surface area contributed by atoms with Crippen LogP contribution in [-0.4, -0.2) is 36.0 Å². The minimum absolute atomic E-state index is 0.113. The molecule has 2 amide bonds.